The van der Waals surface area contributed by atoms with Crippen molar-refractivity contribution in [1.82, 2.24) is 4.98 Å². The minimum atomic E-state index is 0.769. The van der Waals surface area contributed by atoms with Crippen LogP contribution in [0.15, 0.2) is 162 Å². The van der Waals surface area contributed by atoms with Gasteiger partial charge in [0.05, 0.1) is 17.6 Å². The van der Waals surface area contributed by atoms with Crippen molar-refractivity contribution in [1.29, 1.82) is 0 Å². The van der Waals surface area contributed by atoms with E-state index in [1.54, 1.807) is 0 Å². The molecule has 9 rings (SSSR count). The Morgan fingerprint density at radius 1 is 0.432 bits per heavy atom. The van der Waals surface area contributed by atoms with Crippen LogP contribution in [0.4, 0.5) is 17.1 Å². The lowest BCUT2D eigenvalue weighted by molar-refractivity contribution is 0.668. The number of nitrogens with zero attached hydrogens (tertiary/aromatic N) is 2. The Balaban J connectivity index is 1.33. The first kappa shape index (κ1) is 24.6. The molecule has 0 N–H and O–H groups in total. The lowest BCUT2D eigenvalue weighted by Gasteiger charge is -2.27. The Hall–Kier alpha value is -5.93. The lowest BCUT2D eigenvalue weighted by Crippen LogP contribution is -2.11. The summed E-state index contributed by atoms with van der Waals surface area (Å²) in [5.41, 5.74) is 7.93. The summed E-state index contributed by atoms with van der Waals surface area (Å²) in [6.45, 7) is 0. The molecule has 2 heterocycles. The summed E-state index contributed by atoms with van der Waals surface area (Å²) < 4.78 is 6.32. The number of pyridine rings is 1. The Morgan fingerprint density at radius 2 is 1.09 bits per heavy atom. The van der Waals surface area contributed by atoms with Crippen molar-refractivity contribution in [3.8, 4) is 11.1 Å². The third kappa shape index (κ3) is 3.87. The van der Waals surface area contributed by atoms with Crippen LogP contribution in [0.5, 0.6) is 0 Å². The van der Waals surface area contributed by atoms with Crippen LogP contribution < -0.4 is 4.90 Å². The fourth-order valence-electron chi connectivity index (χ4n) is 6.59. The number of anilines is 3. The molecule has 0 spiro atoms. The molecule has 3 heteroatoms. The third-order valence-electron chi connectivity index (χ3n) is 8.68. The van der Waals surface area contributed by atoms with Crippen LogP contribution in [0.2, 0.25) is 0 Å². The fourth-order valence-corrected chi connectivity index (χ4v) is 6.59. The van der Waals surface area contributed by atoms with Gasteiger partial charge in [0.2, 0.25) is 0 Å². The molecule has 2 aromatic heterocycles. The van der Waals surface area contributed by atoms with Gasteiger partial charge in [0.25, 0.3) is 0 Å². The molecule has 0 unspecified atom stereocenters. The van der Waals surface area contributed by atoms with Gasteiger partial charge in [-0.3, -0.25) is 0 Å². The van der Waals surface area contributed by atoms with Crippen molar-refractivity contribution in [3.63, 3.8) is 0 Å². The maximum absolute atomic E-state index is 6.32. The number of aromatic nitrogens is 1. The number of hydrogen-bond donors (Lipinski definition) is 0. The molecule has 0 fully saturated rings. The maximum atomic E-state index is 6.32. The topological polar surface area (TPSA) is 29.3 Å². The predicted octanol–water partition coefficient (Wildman–Crippen LogP) is 11.6. The lowest BCUT2D eigenvalue weighted by atomic mass is 9.95. The van der Waals surface area contributed by atoms with Crippen molar-refractivity contribution in [2.75, 3.05) is 4.90 Å². The number of rotatable bonds is 4. The molecule has 0 atom stereocenters. The first-order valence-corrected chi connectivity index (χ1v) is 14.9. The second-order valence-corrected chi connectivity index (χ2v) is 11.2. The molecule has 0 radical (unpaired) electrons. The van der Waals surface area contributed by atoms with E-state index in [0.717, 1.165) is 39.1 Å². The highest BCUT2D eigenvalue weighted by Gasteiger charge is 2.20. The number of para-hydroxylation sites is 1. The summed E-state index contributed by atoms with van der Waals surface area (Å²) in [7, 11) is 0. The van der Waals surface area contributed by atoms with Crippen molar-refractivity contribution >= 4 is 71.4 Å². The van der Waals surface area contributed by atoms with Crippen LogP contribution in [0, 0.1) is 0 Å². The predicted molar refractivity (Wildman–Crippen MR) is 184 cm³/mol. The van der Waals surface area contributed by atoms with E-state index < -0.39 is 0 Å². The van der Waals surface area contributed by atoms with E-state index in [2.05, 4.69) is 138 Å². The first-order valence-electron chi connectivity index (χ1n) is 14.9. The minimum absolute atomic E-state index is 0.769. The number of fused-ring (bicyclic) bond motifs is 8. The largest absolute Gasteiger partial charge is 0.454 e. The fraction of sp³-hybridized carbons (Fsp3) is 0. The maximum Gasteiger partial charge on any atom is 0.155 e. The van der Waals surface area contributed by atoms with E-state index in [1.165, 1.54) is 43.4 Å². The molecular formula is C41H26N2O. The molecule has 0 bridgehead atoms. The molecule has 0 aliphatic carbocycles. The highest BCUT2D eigenvalue weighted by Crippen LogP contribution is 2.44. The Morgan fingerprint density at radius 3 is 1.93 bits per heavy atom. The van der Waals surface area contributed by atoms with Crippen molar-refractivity contribution in [2.24, 2.45) is 0 Å². The van der Waals surface area contributed by atoms with E-state index in [4.69, 9.17) is 9.40 Å². The summed E-state index contributed by atoms with van der Waals surface area (Å²) in [6, 6.07) is 53.7. The molecule has 44 heavy (non-hydrogen) atoms. The van der Waals surface area contributed by atoms with E-state index in [-0.39, 0.29) is 0 Å². The van der Waals surface area contributed by atoms with Gasteiger partial charge in [0.15, 0.2) is 5.58 Å². The molecule has 0 saturated carbocycles. The van der Waals surface area contributed by atoms with E-state index in [1.807, 2.05) is 24.4 Å². The van der Waals surface area contributed by atoms with E-state index in [9.17, 15) is 0 Å². The molecule has 206 valence electrons. The summed E-state index contributed by atoms with van der Waals surface area (Å²) in [4.78, 5) is 7.28. The average molecular weight is 563 g/mol. The molecule has 0 aliphatic heterocycles. The number of hydrogen-bond acceptors (Lipinski definition) is 3. The summed E-state index contributed by atoms with van der Waals surface area (Å²) in [5, 5.41) is 8.35. The normalized spacial score (nSPS) is 11.6. The zero-order chi connectivity index (χ0) is 29.0. The van der Waals surface area contributed by atoms with Gasteiger partial charge < -0.3 is 9.32 Å². The van der Waals surface area contributed by atoms with E-state index >= 15 is 0 Å². The van der Waals surface area contributed by atoms with Crippen molar-refractivity contribution in [3.05, 3.63) is 158 Å². The van der Waals surface area contributed by atoms with Crippen LogP contribution in [-0.2, 0) is 0 Å². The standard InChI is InChI=1S/C41H26N2O/c1-2-10-27(11-3-1)28-18-21-30(22-19-28)43(31-24-40-41(42-26-31)36-16-8-9-17-39(36)44-40)38-25-37-32-13-5-4-12-29(32)20-23-34(37)33-14-6-7-15-35(33)38/h1-26H. The van der Waals surface area contributed by atoms with Gasteiger partial charge in [0.1, 0.15) is 11.1 Å². The molecular weight excluding hydrogens is 536 g/mol. The van der Waals surface area contributed by atoms with Crippen LogP contribution in [-0.4, -0.2) is 4.98 Å². The van der Waals surface area contributed by atoms with Gasteiger partial charge >= 0.3 is 0 Å². The smallest absolute Gasteiger partial charge is 0.155 e. The molecule has 0 amide bonds. The second kappa shape index (κ2) is 9.82. The van der Waals surface area contributed by atoms with Gasteiger partial charge in [0, 0.05) is 22.5 Å². The van der Waals surface area contributed by atoms with Gasteiger partial charge in [-0.2, -0.15) is 0 Å². The first-order chi connectivity index (χ1) is 21.8. The quantitative estimate of drug-likeness (QED) is 0.200. The van der Waals surface area contributed by atoms with Gasteiger partial charge in [-0.05, 0) is 68.4 Å². The van der Waals surface area contributed by atoms with Crippen molar-refractivity contribution in [2.45, 2.75) is 0 Å². The SMILES string of the molecule is c1ccc(-c2ccc(N(c3cnc4c(c3)oc3ccccc34)c3cc4c5ccccc5ccc4c4ccccc34)cc2)cc1. The Bertz CT molecular complexity index is 2490. The Kier molecular flexibility index (Phi) is 5.50. The van der Waals surface area contributed by atoms with Crippen LogP contribution in [0.25, 0.3) is 65.5 Å². The summed E-state index contributed by atoms with van der Waals surface area (Å²) in [6.07, 6.45) is 1.97. The van der Waals surface area contributed by atoms with Crippen LogP contribution in [0.3, 0.4) is 0 Å². The number of benzene rings is 7. The van der Waals surface area contributed by atoms with Gasteiger partial charge in [-0.15, -0.1) is 0 Å². The van der Waals surface area contributed by atoms with Gasteiger partial charge in [-0.25, -0.2) is 4.98 Å². The highest BCUT2D eigenvalue weighted by atomic mass is 16.3. The third-order valence-corrected chi connectivity index (χ3v) is 8.68. The second-order valence-electron chi connectivity index (χ2n) is 11.2. The minimum Gasteiger partial charge on any atom is -0.454 e. The number of furan rings is 1. The van der Waals surface area contributed by atoms with Crippen LogP contribution in [0.1, 0.15) is 0 Å². The van der Waals surface area contributed by atoms with Crippen molar-refractivity contribution < 1.29 is 4.42 Å². The molecule has 9 aromatic rings. The zero-order valence-corrected chi connectivity index (χ0v) is 23.8. The molecule has 7 aromatic carbocycles. The average Bonchev–Trinajstić information content (AvgIpc) is 3.47. The monoisotopic (exact) mass is 562 g/mol. The molecule has 0 aliphatic rings. The van der Waals surface area contributed by atoms with Crippen LogP contribution >= 0.6 is 0 Å². The highest BCUT2D eigenvalue weighted by molar-refractivity contribution is 6.21. The van der Waals surface area contributed by atoms with E-state index in [0.29, 0.717) is 0 Å². The molecule has 0 saturated heterocycles. The Labute approximate surface area is 254 Å². The zero-order valence-electron chi connectivity index (χ0n) is 23.8. The molecule has 3 nitrogen and oxygen atoms in total. The summed E-state index contributed by atoms with van der Waals surface area (Å²) in [5.74, 6) is 0. The van der Waals surface area contributed by atoms with Gasteiger partial charge in [-0.1, -0.05) is 115 Å². The summed E-state index contributed by atoms with van der Waals surface area (Å²) >= 11 is 0.